The van der Waals surface area contributed by atoms with Crippen molar-refractivity contribution in [2.45, 2.75) is 47.3 Å². The lowest BCUT2D eigenvalue weighted by Crippen LogP contribution is -2.78. The normalized spacial score (nSPS) is 48.0. The standard InChI is InChI=1S/C20H20N2O2S/c1-18-5-6-20(25-14(18)10-21)13-9-11-3-4-12(23)16-15(11)19(20,17(18)24-16)7-8-22(13)2/h3-6,13-14,17,23H,7-9H2,1-2H3/t13-,14?,17+,18+,19+,20-/m1/s1. The molecular weight excluding hydrogens is 332 g/mol. The Balaban J connectivity index is 1.75. The van der Waals surface area contributed by atoms with Crippen molar-refractivity contribution >= 4 is 11.8 Å². The number of phenols is 1. The summed E-state index contributed by atoms with van der Waals surface area (Å²) in [5.41, 5.74) is 2.09. The van der Waals surface area contributed by atoms with E-state index in [-0.39, 0.29) is 32.7 Å². The van der Waals surface area contributed by atoms with Gasteiger partial charge in [-0.3, -0.25) is 0 Å². The topological polar surface area (TPSA) is 56.5 Å². The highest BCUT2D eigenvalue weighted by Gasteiger charge is 2.78. The molecule has 0 amide bonds. The largest absolute Gasteiger partial charge is 0.504 e. The third kappa shape index (κ3) is 1.24. The van der Waals surface area contributed by atoms with Crippen LogP contribution < -0.4 is 4.74 Å². The van der Waals surface area contributed by atoms with Gasteiger partial charge in [0, 0.05) is 17.0 Å². The summed E-state index contributed by atoms with van der Waals surface area (Å²) in [5, 5.41) is 20.3. The molecule has 4 aliphatic heterocycles. The predicted molar refractivity (Wildman–Crippen MR) is 95.9 cm³/mol. The molecule has 128 valence electrons. The molecule has 1 N–H and O–H groups in total. The monoisotopic (exact) mass is 352 g/mol. The summed E-state index contributed by atoms with van der Waals surface area (Å²) in [4.78, 5) is 2.47. The van der Waals surface area contributed by atoms with Crippen molar-refractivity contribution < 1.29 is 9.84 Å². The summed E-state index contributed by atoms with van der Waals surface area (Å²) >= 11 is 1.85. The minimum Gasteiger partial charge on any atom is -0.504 e. The summed E-state index contributed by atoms with van der Waals surface area (Å²) < 4.78 is 6.38. The zero-order valence-corrected chi connectivity index (χ0v) is 15.1. The fourth-order valence-electron chi connectivity index (χ4n) is 6.48. The van der Waals surface area contributed by atoms with Crippen molar-refractivity contribution in [2.75, 3.05) is 13.6 Å². The van der Waals surface area contributed by atoms with Crippen LogP contribution in [0.1, 0.15) is 24.5 Å². The van der Waals surface area contributed by atoms with Gasteiger partial charge in [-0.1, -0.05) is 25.1 Å². The Labute approximate surface area is 151 Å². The van der Waals surface area contributed by atoms with Crippen LogP contribution >= 0.6 is 11.8 Å². The van der Waals surface area contributed by atoms with Gasteiger partial charge in [-0.05, 0) is 38.1 Å². The molecule has 1 aromatic rings. The molecule has 2 aliphatic carbocycles. The van der Waals surface area contributed by atoms with Gasteiger partial charge in [0.2, 0.25) is 0 Å². The van der Waals surface area contributed by atoms with Gasteiger partial charge in [0.15, 0.2) is 11.5 Å². The number of phenolic OH excluding ortho intramolecular Hbond substituents is 1. The van der Waals surface area contributed by atoms with Crippen LogP contribution in [0.4, 0.5) is 0 Å². The number of fused-ring (bicyclic) bond motifs is 1. The first-order valence-electron chi connectivity index (χ1n) is 8.98. The number of rotatable bonds is 0. The summed E-state index contributed by atoms with van der Waals surface area (Å²) in [6.45, 7) is 3.19. The molecule has 4 nitrogen and oxygen atoms in total. The first-order chi connectivity index (χ1) is 12.0. The number of piperidine rings is 1. The van der Waals surface area contributed by atoms with Crippen molar-refractivity contribution in [3.8, 4) is 17.6 Å². The van der Waals surface area contributed by atoms with E-state index in [9.17, 15) is 10.4 Å². The molecule has 4 heterocycles. The van der Waals surface area contributed by atoms with Crippen molar-refractivity contribution in [1.29, 1.82) is 5.26 Å². The molecule has 6 aliphatic rings. The Hall–Kier alpha value is -1.64. The number of nitriles is 1. The van der Waals surface area contributed by atoms with E-state index in [1.54, 1.807) is 6.07 Å². The van der Waals surface area contributed by atoms with Crippen molar-refractivity contribution in [2.24, 2.45) is 5.41 Å². The molecule has 7 rings (SSSR count). The van der Waals surface area contributed by atoms with Crippen LogP contribution in [0.3, 0.4) is 0 Å². The molecule has 2 saturated heterocycles. The summed E-state index contributed by atoms with van der Waals surface area (Å²) in [6, 6.07) is 6.78. The van der Waals surface area contributed by atoms with Crippen LogP contribution in [0.15, 0.2) is 24.3 Å². The lowest BCUT2D eigenvalue weighted by molar-refractivity contribution is -0.0373. The lowest BCUT2D eigenvalue weighted by Gasteiger charge is -2.69. The first kappa shape index (κ1) is 14.5. The number of thioether (sulfide) groups is 1. The number of likely N-dealkylation sites (tertiary alicyclic amines) is 1. The molecule has 4 bridgehead atoms. The maximum absolute atomic E-state index is 10.5. The fourth-order valence-corrected chi connectivity index (χ4v) is 8.47. The van der Waals surface area contributed by atoms with E-state index in [0.717, 1.165) is 19.4 Å². The average Bonchev–Trinajstić information content (AvgIpc) is 2.98. The van der Waals surface area contributed by atoms with E-state index in [1.807, 2.05) is 11.8 Å². The van der Waals surface area contributed by atoms with Crippen molar-refractivity contribution in [3.05, 3.63) is 35.4 Å². The molecule has 25 heavy (non-hydrogen) atoms. The van der Waals surface area contributed by atoms with Crippen LogP contribution in [0.25, 0.3) is 0 Å². The summed E-state index contributed by atoms with van der Waals surface area (Å²) in [6.07, 6.45) is 6.53. The van der Waals surface area contributed by atoms with Crippen LogP contribution in [-0.4, -0.2) is 45.7 Å². The number of likely N-dealkylation sites (N-methyl/N-ethyl adjacent to an activating group) is 1. The smallest absolute Gasteiger partial charge is 0.165 e. The second-order valence-corrected chi connectivity index (χ2v) is 9.87. The molecule has 2 spiro atoms. The van der Waals surface area contributed by atoms with Gasteiger partial charge in [0.05, 0.1) is 16.2 Å². The SMILES string of the molecule is CN1CC[C@]23c4c5ccc(O)c4O[C@H]2[C@@]2(C)C=C[C@@]3(SC2C#N)[C@H]1C5. The second-order valence-electron chi connectivity index (χ2n) is 8.49. The zero-order valence-electron chi connectivity index (χ0n) is 14.3. The molecular formula is C20H20N2O2S. The number of ether oxygens (including phenoxy) is 1. The van der Waals surface area contributed by atoms with E-state index >= 15 is 0 Å². The van der Waals surface area contributed by atoms with Crippen LogP contribution in [0.2, 0.25) is 0 Å². The first-order valence-corrected chi connectivity index (χ1v) is 9.86. The lowest BCUT2D eigenvalue weighted by atomic mass is 9.48. The number of aromatic hydroxyl groups is 1. The number of hydrogen-bond acceptors (Lipinski definition) is 5. The average molecular weight is 352 g/mol. The number of benzene rings is 1. The highest BCUT2D eigenvalue weighted by Crippen LogP contribution is 2.75. The van der Waals surface area contributed by atoms with Gasteiger partial charge < -0.3 is 14.7 Å². The molecule has 0 radical (unpaired) electrons. The van der Waals surface area contributed by atoms with Gasteiger partial charge in [-0.15, -0.1) is 11.8 Å². The molecule has 1 unspecified atom stereocenters. The highest BCUT2D eigenvalue weighted by atomic mass is 32.2. The van der Waals surface area contributed by atoms with Crippen molar-refractivity contribution in [3.63, 3.8) is 0 Å². The van der Waals surface area contributed by atoms with Gasteiger partial charge >= 0.3 is 0 Å². The Morgan fingerprint density at radius 3 is 3.04 bits per heavy atom. The van der Waals surface area contributed by atoms with E-state index in [0.29, 0.717) is 11.8 Å². The van der Waals surface area contributed by atoms with E-state index in [2.05, 4.69) is 43.2 Å². The number of nitrogens with zero attached hydrogens (tertiary/aromatic N) is 2. The minimum absolute atomic E-state index is 0.0746. The van der Waals surface area contributed by atoms with Crippen LogP contribution in [0, 0.1) is 16.7 Å². The zero-order chi connectivity index (χ0) is 17.2. The molecule has 0 saturated carbocycles. The Morgan fingerprint density at radius 2 is 2.24 bits per heavy atom. The van der Waals surface area contributed by atoms with E-state index in [4.69, 9.17) is 4.74 Å². The van der Waals surface area contributed by atoms with Gasteiger partial charge in [0.1, 0.15) is 11.4 Å². The van der Waals surface area contributed by atoms with Crippen LogP contribution in [-0.2, 0) is 11.8 Å². The quantitative estimate of drug-likeness (QED) is 0.728. The third-order valence-electron chi connectivity index (χ3n) is 7.60. The molecule has 2 fully saturated rings. The van der Waals surface area contributed by atoms with E-state index < -0.39 is 0 Å². The molecule has 1 aromatic carbocycles. The second kappa shape index (κ2) is 4.02. The van der Waals surface area contributed by atoms with Gasteiger partial charge in [0.25, 0.3) is 0 Å². The maximum Gasteiger partial charge on any atom is 0.165 e. The maximum atomic E-state index is 10.5. The third-order valence-corrected chi connectivity index (χ3v) is 9.61. The fraction of sp³-hybridized carbons (Fsp3) is 0.550. The van der Waals surface area contributed by atoms with Crippen molar-refractivity contribution in [1.82, 2.24) is 4.90 Å². The van der Waals surface area contributed by atoms with Crippen LogP contribution in [0.5, 0.6) is 11.5 Å². The van der Waals surface area contributed by atoms with Gasteiger partial charge in [-0.2, -0.15) is 5.26 Å². The summed E-state index contributed by atoms with van der Waals surface area (Å²) in [5.74, 6) is 0.931. The molecule has 5 heteroatoms. The predicted octanol–water partition coefficient (Wildman–Crippen LogP) is 2.61. The molecule has 0 aromatic heterocycles. The van der Waals surface area contributed by atoms with E-state index in [1.165, 1.54) is 11.1 Å². The Morgan fingerprint density at radius 1 is 1.40 bits per heavy atom. The summed E-state index contributed by atoms with van der Waals surface area (Å²) in [7, 11) is 2.21. The molecule has 6 atom stereocenters. The Kier molecular flexibility index (Phi) is 2.34. The minimum atomic E-state index is -0.332. The number of hydrogen-bond donors (Lipinski definition) is 1. The Bertz CT molecular complexity index is 908. The van der Waals surface area contributed by atoms with Gasteiger partial charge in [-0.25, -0.2) is 0 Å². The highest BCUT2D eigenvalue weighted by molar-refractivity contribution is 8.02.